The van der Waals surface area contributed by atoms with Crippen molar-refractivity contribution in [3.8, 4) is 0 Å². The second-order valence-electron chi connectivity index (χ2n) is 6.97. The molecule has 0 aromatic heterocycles. The number of rotatable bonds is 5. The average molecular weight is 351 g/mol. The Balaban J connectivity index is 1.62. The van der Waals surface area contributed by atoms with Crippen molar-refractivity contribution in [2.75, 3.05) is 29.9 Å². The zero-order valence-corrected chi connectivity index (χ0v) is 15.5. The molecule has 0 saturated carbocycles. The molecule has 136 valence electrons. The van der Waals surface area contributed by atoms with Gasteiger partial charge in [-0.25, -0.2) is 4.79 Å². The van der Waals surface area contributed by atoms with Crippen LogP contribution in [0.25, 0.3) is 0 Å². The second-order valence-corrected chi connectivity index (χ2v) is 6.97. The Morgan fingerprint density at radius 3 is 2.42 bits per heavy atom. The van der Waals surface area contributed by atoms with Crippen LogP contribution in [0.3, 0.4) is 0 Å². The van der Waals surface area contributed by atoms with E-state index >= 15 is 0 Å². The minimum Gasteiger partial charge on any atom is -0.324 e. The number of hydrogen-bond acceptors (Lipinski definition) is 2. The van der Waals surface area contributed by atoms with Gasteiger partial charge in [-0.05, 0) is 42.2 Å². The van der Waals surface area contributed by atoms with Crippen molar-refractivity contribution in [3.63, 3.8) is 0 Å². The summed E-state index contributed by atoms with van der Waals surface area (Å²) >= 11 is 0. The first-order valence-corrected chi connectivity index (χ1v) is 8.97. The van der Waals surface area contributed by atoms with Crippen LogP contribution >= 0.6 is 0 Å². The molecule has 0 radical (unpaired) electrons. The van der Waals surface area contributed by atoms with E-state index in [1.807, 2.05) is 43.3 Å². The number of nitrogens with one attached hydrogen (secondary N) is 1. The molecular weight excluding hydrogens is 326 g/mol. The molecule has 1 N–H and O–H groups in total. The van der Waals surface area contributed by atoms with E-state index in [-0.39, 0.29) is 18.5 Å². The molecule has 1 fully saturated rings. The van der Waals surface area contributed by atoms with E-state index in [1.54, 1.807) is 9.80 Å². The molecule has 1 saturated heterocycles. The highest BCUT2D eigenvalue weighted by atomic mass is 16.2. The van der Waals surface area contributed by atoms with E-state index in [1.165, 1.54) is 5.56 Å². The third kappa shape index (κ3) is 3.87. The fraction of sp³-hybridized carbons (Fsp3) is 0.333. The van der Waals surface area contributed by atoms with Crippen LogP contribution in [0.5, 0.6) is 0 Å². The van der Waals surface area contributed by atoms with Crippen LogP contribution in [0.2, 0.25) is 0 Å². The molecule has 26 heavy (non-hydrogen) atoms. The van der Waals surface area contributed by atoms with Gasteiger partial charge in [0.25, 0.3) is 0 Å². The van der Waals surface area contributed by atoms with E-state index in [2.05, 4.69) is 31.3 Å². The van der Waals surface area contributed by atoms with Gasteiger partial charge in [0.2, 0.25) is 5.91 Å². The lowest BCUT2D eigenvalue weighted by Gasteiger charge is -2.19. The molecule has 3 amide bonds. The van der Waals surface area contributed by atoms with Crippen molar-refractivity contribution in [1.29, 1.82) is 0 Å². The fourth-order valence-corrected chi connectivity index (χ4v) is 3.08. The van der Waals surface area contributed by atoms with Gasteiger partial charge in [-0.2, -0.15) is 0 Å². The number of nitrogens with zero attached hydrogens (tertiary/aromatic N) is 2. The first-order chi connectivity index (χ1) is 12.5. The summed E-state index contributed by atoms with van der Waals surface area (Å²) in [5, 5.41) is 2.88. The number of carbonyl (C=O) groups excluding carboxylic acids is 2. The molecular formula is C21H25N3O2. The predicted molar refractivity (Wildman–Crippen MR) is 105 cm³/mol. The highest BCUT2D eigenvalue weighted by molar-refractivity contribution is 5.99. The molecule has 2 aromatic rings. The molecule has 1 heterocycles. The van der Waals surface area contributed by atoms with Crippen LogP contribution < -0.4 is 10.2 Å². The number of anilines is 2. The molecule has 0 atom stereocenters. The molecule has 1 aliphatic rings. The smallest absolute Gasteiger partial charge is 0.324 e. The summed E-state index contributed by atoms with van der Waals surface area (Å²) in [6.07, 6.45) is 0. The third-order valence-electron chi connectivity index (χ3n) is 4.72. The third-order valence-corrected chi connectivity index (χ3v) is 4.72. The number of para-hydroxylation sites is 1. The van der Waals surface area contributed by atoms with Crippen LogP contribution in [-0.4, -0.2) is 36.5 Å². The molecule has 0 bridgehead atoms. The maximum absolute atomic E-state index is 12.7. The average Bonchev–Trinajstić information content (AvgIpc) is 2.97. The van der Waals surface area contributed by atoms with Gasteiger partial charge in [-0.1, -0.05) is 44.2 Å². The molecule has 1 aliphatic heterocycles. The minimum atomic E-state index is -0.176. The summed E-state index contributed by atoms with van der Waals surface area (Å²) in [4.78, 5) is 28.3. The molecule has 0 spiro atoms. The number of carbonyl (C=O) groups is 2. The van der Waals surface area contributed by atoms with E-state index in [0.717, 1.165) is 16.9 Å². The Hall–Kier alpha value is -2.82. The molecule has 0 aliphatic carbocycles. The lowest BCUT2D eigenvalue weighted by atomic mass is 10.0. The SMILES string of the molecule is Cc1ccccc1NC(=O)CN1CCN(c2ccc(C(C)C)cc2)C1=O. The topological polar surface area (TPSA) is 52.7 Å². The number of amides is 3. The highest BCUT2D eigenvalue weighted by Crippen LogP contribution is 2.23. The first-order valence-electron chi connectivity index (χ1n) is 8.97. The van der Waals surface area contributed by atoms with Crippen LogP contribution in [0.1, 0.15) is 30.9 Å². The first kappa shape index (κ1) is 18.0. The number of urea groups is 1. The zero-order valence-electron chi connectivity index (χ0n) is 15.5. The van der Waals surface area contributed by atoms with Gasteiger partial charge in [-0.15, -0.1) is 0 Å². The predicted octanol–water partition coefficient (Wildman–Crippen LogP) is 4.00. The minimum absolute atomic E-state index is 0.0632. The zero-order chi connectivity index (χ0) is 18.7. The van der Waals surface area contributed by atoms with Crippen LogP contribution in [0.4, 0.5) is 16.2 Å². The second kappa shape index (κ2) is 7.60. The van der Waals surface area contributed by atoms with Crippen molar-refractivity contribution in [3.05, 3.63) is 59.7 Å². The molecule has 5 nitrogen and oxygen atoms in total. The summed E-state index contributed by atoms with van der Waals surface area (Å²) in [6.45, 7) is 7.44. The van der Waals surface area contributed by atoms with Crippen molar-refractivity contribution in [2.45, 2.75) is 26.7 Å². The lowest BCUT2D eigenvalue weighted by Crippen LogP contribution is -2.37. The van der Waals surface area contributed by atoms with Gasteiger partial charge in [-0.3, -0.25) is 9.69 Å². The highest BCUT2D eigenvalue weighted by Gasteiger charge is 2.30. The largest absolute Gasteiger partial charge is 0.325 e. The monoisotopic (exact) mass is 351 g/mol. The van der Waals surface area contributed by atoms with Crippen molar-refractivity contribution in [1.82, 2.24) is 4.90 Å². The Labute approximate surface area is 154 Å². The van der Waals surface area contributed by atoms with Crippen LogP contribution in [0.15, 0.2) is 48.5 Å². The number of hydrogen-bond donors (Lipinski definition) is 1. The van der Waals surface area contributed by atoms with E-state index in [0.29, 0.717) is 19.0 Å². The molecule has 0 unspecified atom stereocenters. The van der Waals surface area contributed by atoms with Crippen LogP contribution in [-0.2, 0) is 4.79 Å². The Morgan fingerprint density at radius 1 is 1.08 bits per heavy atom. The molecule has 5 heteroatoms. The van der Waals surface area contributed by atoms with Crippen molar-refractivity contribution < 1.29 is 9.59 Å². The maximum Gasteiger partial charge on any atom is 0.325 e. The van der Waals surface area contributed by atoms with E-state index < -0.39 is 0 Å². The van der Waals surface area contributed by atoms with Crippen molar-refractivity contribution >= 4 is 23.3 Å². The van der Waals surface area contributed by atoms with Gasteiger partial charge in [0, 0.05) is 24.5 Å². The summed E-state index contributed by atoms with van der Waals surface area (Å²) in [5.41, 5.74) is 3.90. The standard InChI is InChI=1S/C21H25N3O2/c1-15(2)17-8-10-18(11-9-17)24-13-12-23(21(24)26)14-20(25)22-19-7-5-4-6-16(19)3/h4-11,15H,12-14H2,1-3H3,(H,22,25). The Kier molecular flexibility index (Phi) is 5.26. The number of aryl methyl sites for hydroxylation is 1. The van der Waals surface area contributed by atoms with E-state index in [4.69, 9.17) is 0 Å². The summed E-state index contributed by atoms with van der Waals surface area (Å²) < 4.78 is 0. The van der Waals surface area contributed by atoms with Crippen molar-refractivity contribution in [2.24, 2.45) is 0 Å². The fourth-order valence-electron chi connectivity index (χ4n) is 3.08. The maximum atomic E-state index is 12.7. The van der Waals surface area contributed by atoms with Gasteiger partial charge in [0.1, 0.15) is 6.54 Å². The van der Waals surface area contributed by atoms with Gasteiger partial charge >= 0.3 is 6.03 Å². The van der Waals surface area contributed by atoms with E-state index in [9.17, 15) is 9.59 Å². The number of benzene rings is 2. The van der Waals surface area contributed by atoms with Gasteiger partial charge in [0.15, 0.2) is 0 Å². The van der Waals surface area contributed by atoms with Gasteiger partial charge in [0.05, 0.1) is 0 Å². The van der Waals surface area contributed by atoms with Gasteiger partial charge < -0.3 is 10.2 Å². The Morgan fingerprint density at radius 2 is 1.77 bits per heavy atom. The molecule has 3 rings (SSSR count). The summed E-state index contributed by atoms with van der Waals surface area (Å²) in [5.74, 6) is 0.282. The lowest BCUT2D eigenvalue weighted by molar-refractivity contribution is -0.116. The quantitative estimate of drug-likeness (QED) is 0.885. The Bertz CT molecular complexity index is 799. The van der Waals surface area contributed by atoms with Crippen LogP contribution in [0, 0.1) is 6.92 Å². The summed E-state index contributed by atoms with van der Waals surface area (Å²) in [6, 6.07) is 15.6. The normalized spacial score (nSPS) is 14.2. The molecule has 2 aromatic carbocycles. The summed E-state index contributed by atoms with van der Waals surface area (Å²) in [7, 11) is 0.